The summed E-state index contributed by atoms with van der Waals surface area (Å²) in [6.07, 6.45) is 2.03. The number of hydrogen-bond acceptors (Lipinski definition) is 7. The van der Waals surface area contributed by atoms with Gasteiger partial charge in [0.05, 0.1) is 6.26 Å². The maximum atomic E-state index is 12.1. The standard InChI is InChI=1S/C19H20N4O5/c1-2-20-17(25)12-27-14-7-5-13(6-8-14)21-16(24)9-10-18-22-19(23-28-18)15-4-3-11-26-15/h3-8,11H,2,9-10,12H2,1H3,(H,20,25)(H,21,24). The second-order valence-corrected chi connectivity index (χ2v) is 5.80. The van der Waals surface area contributed by atoms with Crippen LogP contribution in [-0.2, 0) is 16.0 Å². The van der Waals surface area contributed by atoms with Crippen LogP contribution in [-0.4, -0.2) is 35.1 Å². The van der Waals surface area contributed by atoms with E-state index in [1.807, 2.05) is 6.92 Å². The lowest BCUT2D eigenvalue weighted by Crippen LogP contribution is -2.28. The van der Waals surface area contributed by atoms with Gasteiger partial charge in [0.1, 0.15) is 5.75 Å². The van der Waals surface area contributed by atoms with E-state index in [-0.39, 0.29) is 24.8 Å². The minimum Gasteiger partial charge on any atom is -0.484 e. The van der Waals surface area contributed by atoms with E-state index in [2.05, 4.69) is 20.8 Å². The SMILES string of the molecule is CCNC(=O)COc1ccc(NC(=O)CCc2nc(-c3ccco3)no2)cc1. The zero-order chi connectivity index (χ0) is 19.8. The summed E-state index contributed by atoms with van der Waals surface area (Å²) in [5.74, 6) is 1.39. The molecule has 2 N–H and O–H groups in total. The Labute approximate surface area is 161 Å². The smallest absolute Gasteiger partial charge is 0.257 e. The van der Waals surface area contributed by atoms with Gasteiger partial charge < -0.3 is 24.3 Å². The van der Waals surface area contributed by atoms with Crippen molar-refractivity contribution in [1.82, 2.24) is 15.5 Å². The maximum absolute atomic E-state index is 12.1. The summed E-state index contributed by atoms with van der Waals surface area (Å²) in [5.41, 5.74) is 0.622. The molecule has 0 saturated heterocycles. The van der Waals surface area contributed by atoms with Gasteiger partial charge in [0.2, 0.25) is 17.6 Å². The quantitative estimate of drug-likeness (QED) is 0.581. The van der Waals surface area contributed by atoms with Crippen LogP contribution in [0.2, 0.25) is 0 Å². The second-order valence-electron chi connectivity index (χ2n) is 5.80. The number of rotatable bonds is 9. The third kappa shape index (κ3) is 5.44. The number of nitrogens with zero attached hydrogens (tertiary/aromatic N) is 2. The van der Waals surface area contributed by atoms with E-state index in [4.69, 9.17) is 13.7 Å². The van der Waals surface area contributed by atoms with Crippen molar-refractivity contribution in [1.29, 1.82) is 0 Å². The first-order valence-electron chi connectivity index (χ1n) is 8.80. The van der Waals surface area contributed by atoms with Crippen molar-refractivity contribution >= 4 is 17.5 Å². The van der Waals surface area contributed by atoms with Crippen LogP contribution >= 0.6 is 0 Å². The third-order valence-corrected chi connectivity index (χ3v) is 3.66. The zero-order valence-electron chi connectivity index (χ0n) is 15.3. The van der Waals surface area contributed by atoms with Gasteiger partial charge in [-0.2, -0.15) is 4.98 Å². The molecule has 9 heteroatoms. The molecule has 2 aromatic heterocycles. The molecule has 0 spiro atoms. The Bertz CT molecular complexity index is 903. The van der Waals surface area contributed by atoms with Crippen molar-refractivity contribution in [3.63, 3.8) is 0 Å². The molecule has 3 aromatic rings. The van der Waals surface area contributed by atoms with Gasteiger partial charge in [-0.15, -0.1) is 0 Å². The summed E-state index contributed by atoms with van der Waals surface area (Å²) in [5, 5.41) is 9.24. The highest BCUT2D eigenvalue weighted by molar-refractivity contribution is 5.90. The van der Waals surface area contributed by atoms with E-state index in [1.54, 1.807) is 36.4 Å². The molecule has 2 amide bonds. The number of aryl methyl sites for hydroxylation is 1. The second kappa shape index (κ2) is 9.36. The number of ether oxygens (including phenoxy) is 1. The molecule has 0 atom stereocenters. The van der Waals surface area contributed by atoms with Gasteiger partial charge in [-0.25, -0.2) is 0 Å². The Kier molecular flexibility index (Phi) is 6.40. The Balaban J connectivity index is 1.44. The van der Waals surface area contributed by atoms with Gasteiger partial charge in [0.25, 0.3) is 5.91 Å². The minimum atomic E-state index is -0.186. The van der Waals surface area contributed by atoms with E-state index in [0.717, 1.165) is 0 Å². The van der Waals surface area contributed by atoms with Crippen molar-refractivity contribution in [2.45, 2.75) is 19.8 Å². The summed E-state index contributed by atoms with van der Waals surface area (Å²) < 4.78 is 15.7. The van der Waals surface area contributed by atoms with Crippen LogP contribution in [0.5, 0.6) is 5.75 Å². The molecule has 0 bridgehead atoms. The van der Waals surface area contributed by atoms with Gasteiger partial charge in [-0.1, -0.05) is 5.16 Å². The van der Waals surface area contributed by atoms with Crippen molar-refractivity contribution in [3.05, 3.63) is 48.6 Å². The number of aromatic nitrogens is 2. The fourth-order valence-electron chi connectivity index (χ4n) is 2.34. The summed E-state index contributed by atoms with van der Waals surface area (Å²) in [6.45, 7) is 2.34. The van der Waals surface area contributed by atoms with Gasteiger partial charge in [-0.3, -0.25) is 9.59 Å². The van der Waals surface area contributed by atoms with E-state index in [0.29, 0.717) is 41.9 Å². The van der Waals surface area contributed by atoms with Gasteiger partial charge in [0, 0.05) is 25.1 Å². The highest BCUT2D eigenvalue weighted by Gasteiger charge is 2.12. The summed E-state index contributed by atoms with van der Waals surface area (Å²) >= 11 is 0. The topological polar surface area (TPSA) is 119 Å². The molecule has 0 aliphatic carbocycles. The van der Waals surface area contributed by atoms with Crippen molar-refractivity contribution in [3.8, 4) is 17.3 Å². The number of likely N-dealkylation sites (N-methyl/N-ethyl adjacent to an activating group) is 1. The third-order valence-electron chi connectivity index (χ3n) is 3.66. The highest BCUT2D eigenvalue weighted by Crippen LogP contribution is 2.17. The average molecular weight is 384 g/mol. The molecular formula is C19H20N4O5. The number of carbonyl (C=O) groups is 2. The first-order chi connectivity index (χ1) is 13.6. The summed E-state index contributed by atoms with van der Waals surface area (Å²) in [4.78, 5) is 27.7. The molecule has 146 valence electrons. The number of benzene rings is 1. The lowest BCUT2D eigenvalue weighted by molar-refractivity contribution is -0.123. The molecular weight excluding hydrogens is 364 g/mol. The minimum absolute atomic E-state index is 0.0519. The van der Waals surface area contributed by atoms with Crippen LogP contribution in [0, 0.1) is 0 Å². The van der Waals surface area contributed by atoms with Crippen LogP contribution in [0.15, 0.2) is 51.6 Å². The number of amides is 2. The van der Waals surface area contributed by atoms with Crippen LogP contribution in [0.4, 0.5) is 5.69 Å². The Morgan fingerprint density at radius 1 is 1.14 bits per heavy atom. The zero-order valence-corrected chi connectivity index (χ0v) is 15.3. The molecule has 0 saturated carbocycles. The summed E-state index contributed by atoms with van der Waals surface area (Å²) in [6, 6.07) is 10.2. The molecule has 2 heterocycles. The van der Waals surface area contributed by atoms with E-state index < -0.39 is 0 Å². The lowest BCUT2D eigenvalue weighted by Gasteiger charge is -2.08. The van der Waals surface area contributed by atoms with Crippen molar-refractivity contribution < 1.29 is 23.3 Å². The van der Waals surface area contributed by atoms with Gasteiger partial charge in [-0.05, 0) is 43.3 Å². The normalized spacial score (nSPS) is 10.5. The monoisotopic (exact) mass is 384 g/mol. The molecule has 0 fully saturated rings. The highest BCUT2D eigenvalue weighted by atomic mass is 16.5. The predicted octanol–water partition coefficient (Wildman–Crippen LogP) is 2.42. The van der Waals surface area contributed by atoms with Crippen molar-refractivity contribution in [2.24, 2.45) is 0 Å². The van der Waals surface area contributed by atoms with Crippen LogP contribution < -0.4 is 15.4 Å². The molecule has 1 aromatic carbocycles. The Hall–Kier alpha value is -3.62. The lowest BCUT2D eigenvalue weighted by atomic mass is 10.2. The molecule has 9 nitrogen and oxygen atoms in total. The molecule has 0 aliphatic heterocycles. The maximum Gasteiger partial charge on any atom is 0.257 e. The van der Waals surface area contributed by atoms with E-state index in [9.17, 15) is 9.59 Å². The fraction of sp³-hybridized carbons (Fsp3) is 0.263. The number of anilines is 1. The van der Waals surface area contributed by atoms with Gasteiger partial charge in [0.15, 0.2) is 12.4 Å². The van der Waals surface area contributed by atoms with Crippen LogP contribution in [0.25, 0.3) is 11.6 Å². The average Bonchev–Trinajstić information content (AvgIpc) is 3.38. The Morgan fingerprint density at radius 2 is 1.96 bits per heavy atom. The molecule has 0 unspecified atom stereocenters. The number of furan rings is 1. The van der Waals surface area contributed by atoms with Crippen LogP contribution in [0.1, 0.15) is 19.2 Å². The predicted molar refractivity (Wildman–Crippen MR) is 99.6 cm³/mol. The molecule has 0 aliphatic rings. The first kappa shape index (κ1) is 19.2. The van der Waals surface area contributed by atoms with Gasteiger partial charge >= 0.3 is 0 Å². The fourth-order valence-corrected chi connectivity index (χ4v) is 2.34. The molecule has 28 heavy (non-hydrogen) atoms. The Morgan fingerprint density at radius 3 is 2.68 bits per heavy atom. The largest absolute Gasteiger partial charge is 0.484 e. The number of nitrogens with one attached hydrogen (secondary N) is 2. The number of carbonyl (C=O) groups excluding carboxylic acids is 2. The van der Waals surface area contributed by atoms with Crippen LogP contribution in [0.3, 0.4) is 0 Å². The van der Waals surface area contributed by atoms with E-state index in [1.165, 1.54) is 6.26 Å². The number of hydrogen-bond donors (Lipinski definition) is 2. The molecule has 3 rings (SSSR count). The summed E-state index contributed by atoms with van der Waals surface area (Å²) in [7, 11) is 0. The first-order valence-corrected chi connectivity index (χ1v) is 8.80. The van der Waals surface area contributed by atoms with E-state index >= 15 is 0 Å². The van der Waals surface area contributed by atoms with Crippen molar-refractivity contribution in [2.75, 3.05) is 18.5 Å². The molecule has 0 radical (unpaired) electrons.